The van der Waals surface area contributed by atoms with Gasteiger partial charge < -0.3 is 4.90 Å². The number of hydrogen-bond donors (Lipinski definition) is 0. The molecule has 1 saturated heterocycles. The second-order valence-corrected chi connectivity index (χ2v) is 4.42. The Bertz CT molecular complexity index is 379. The van der Waals surface area contributed by atoms with Crippen molar-refractivity contribution in [2.75, 3.05) is 6.54 Å². The highest BCUT2D eigenvalue weighted by Crippen LogP contribution is 2.46. The molecule has 2 aliphatic rings. The standard InChI is InChI=1S/C13H15N/c1-9-7-11-8-14(9)10(2)12-5-3-4-6-13(11)12/h3-6,10-11H,1,7-8H2,2H3. The van der Waals surface area contributed by atoms with Crippen LogP contribution in [0.5, 0.6) is 0 Å². The van der Waals surface area contributed by atoms with E-state index in [4.69, 9.17) is 0 Å². The second-order valence-electron chi connectivity index (χ2n) is 4.42. The van der Waals surface area contributed by atoms with Crippen molar-refractivity contribution in [1.82, 2.24) is 4.90 Å². The number of rotatable bonds is 0. The topological polar surface area (TPSA) is 3.24 Å². The van der Waals surface area contributed by atoms with Crippen LogP contribution in [-0.2, 0) is 0 Å². The fourth-order valence-corrected chi connectivity index (χ4v) is 2.90. The summed E-state index contributed by atoms with van der Waals surface area (Å²) in [6.45, 7) is 7.62. The quantitative estimate of drug-likeness (QED) is 0.600. The van der Waals surface area contributed by atoms with E-state index < -0.39 is 0 Å². The zero-order valence-corrected chi connectivity index (χ0v) is 8.53. The molecule has 0 radical (unpaired) electrons. The summed E-state index contributed by atoms with van der Waals surface area (Å²) >= 11 is 0. The maximum absolute atomic E-state index is 4.16. The van der Waals surface area contributed by atoms with Crippen LogP contribution >= 0.6 is 0 Å². The highest BCUT2D eigenvalue weighted by Gasteiger charge is 2.36. The summed E-state index contributed by atoms with van der Waals surface area (Å²) < 4.78 is 0. The Labute approximate surface area is 85.0 Å². The molecule has 0 N–H and O–H groups in total. The minimum absolute atomic E-state index is 0.525. The van der Waals surface area contributed by atoms with Crippen molar-refractivity contribution >= 4 is 0 Å². The summed E-state index contributed by atoms with van der Waals surface area (Å²) in [5.41, 5.74) is 4.37. The predicted molar refractivity (Wildman–Crippen MR) is 58.1 cm³/mol. The Balaban J connectivity index is 2.17. The molecule has 2 unspecified atom stereocenters. The van der Waals surface area contributed by atoms with Gasteiger partial charge in [0.1, 0.15) is 0 Å². The van der Waals surface area contributed by atoms with E-state index >= 15 is 0 Å². The van der Waals surface area contributed by atoms with Gasteiger partial charge in [-0.3, -0.25) is 0 Å². The Morgan fingerprint density at radius 1 is 1.29 bits per heavy atom. The van der Waals surface area contributed by atoms with Gasteiger partial charge in [-0.1, -0.05) is 30.8 Å². The second kappa shape index (κ2) is 2.63. The molecule has 0 aliphatic carbocycles. The summed E-state index contributed by atoms with van der Waals surface area (Å²) in [5, 5.41) is 0. The molecule has 0 spiro atoms. The summed E-state index contributed by atoms with van der Waals surface area (Å²) in [5.74, 6) is 0.704. The van der Waals surface area contributed by atoms with Crippen LogP contribution in [0.25, 0.3) is 0 Å². The van der Waals surface area contributed by atoms with Crippen LogP contribution < -0.4 is 0 Å². The van der Waals surface area contributed by atoms with Crippen LogP contribution in [0.3, 0.4) is 0 Å². The smallest absolute Gasteiger partial charge is 0.0514 e. The van der Waals surface area contributed by atoms with Gasteiger partial charge >= 0.3 is 0 Å². The normalized spacial score (nSPS) is 29.2. The molecule has 1 aromatic carbocycles. The van der Waals surface area contributed by atoms with Gasteiger partial charge in [-0.25, -0.2) is 0 Å². The Morgan fingerprint density at radius 3 is 2.79 bits per heavy atom. The van der Waals surface area contributed by atoms with Gasteiger partial charge in [0.25, 0.3) is 0 Å². The van der Waals surface area contributed by atoms with Gasteiger partial charge in [-0.05, 0) is 24.5 Å². The van der Waals surface area contributed by atoms with Crippen molar-refractivity contribution in [2.24, 2.45) is 0 Å². The number of nitrogens with zero attached hydrogens (tertiary/aromatic N) is 1. The highest BCUT2D eigenvalue weighted by molar-refractivity contribution is 5.39. The molecule has 0 aromatic heterocycles. The molecule has 2 atom stereocenters. The molecule has 1 aromatic rings. The molecular formula is C13H15N. The van der Waals surface area contributed by atoms with E-state index in [1.54, 1.807) is 5.56 Å². The molecule has 72 valence electrons. The maximum atomic E-state index is 4.16. The van der Waals surface area contributed by atoms with Crippen LogP contribution in [0.2, 0.25) is 0 Å². The third-order valence-corrected chi connectivity index (χ3v) is 3.66. The van der Waals surface area contributed by atoms with Gasteiger partial charge in [-0.2, -0.15) is 0 Å². The maximum Gasteiger partial charge on any atom is 0.0514 e. The molecule has 2 aliphatic heterocycles. The van der Waals surface area contributed by atoms with Crippen molar-refractivity contribution in [3.8, 4) is 0 Å². The lowest BCUT2D eigenvalue weighted by molar-refractivity contribution is 0.287. The third-order valence-electron chi connectivity index (χ3n) is 3.66. The van der Waals surface area contributed by atoms with Crippen LogP contribution in [0.4, 0.5) is 0 Å². The van der Waals surface area contributed by atoms with Gasteiger partial charge in [-0.15, -0.1) is 0 Å². The predicted octanol–water partition coefficient (Wildman–Crippen LogP) is 3.06. The molecule has 14 heavy (non-hydrogen) atoms. The third kappa shape index (κ3) is 0.899. The first-order chi connectivity index (χ1) is 6.77. The number of fused-ring (bicyclic) bond motifs is 4. The van der Waals surface area contributed by atoms with Crippen LogP contribution in [0.1, 0.15) is 36.4 Å². The fourth-order valence-electron chi connectivity index (χ4n) is 2.90. The lowest BCUT2D eigenvalue weighted by Gasteiger charge is -2.33. The van der Waals surface area contributed by atoms with E-state index in [0.29, 0.717) is 12.0 Å². The molecule has 1 heteroatoms. The van der Waals surface area contributed by atoms with Gasteiger partial charge in [0.05, 0.1) is 6.04 Å². The molecular weight excluding hydrogens is 170 g/mol. The number of benzene rings is 1. The van der Waals surface area contributed by atoms with Crippen LogP contribution in [0, 0.1) is 0 Å². The average Bonchev–Trinajstić information content (AvgIpc) is 2.55. The van der Waals surface area contributed by atoms with E-state index in [2.05, 4.69) is 42.7 Å². The van der Waals surface area contributed by atoms with Crippen molar-refractivity contribution in [1.29, 1.82) is 0 Å². The van der Waals surface area contributed by atoms with Crippen molar-refractivity contribution in [3.05, 3.63) is 47.7 Å². The van der Waals surface area contributed by atoms with Crippen LogP contribution in [0.15, 0.2) is 36.5 Å². The first-order valence-electron chi connectivity index (χ1n) is 5.30. The average molecular weight is 185 g/mol. The Hall–Kier alpha value is -1.24. The van der Waals surface area contributed by atoms with E-state index in [1.807, 2.05) is 0 Å². The molecule has 0 amide bonds. The Kier molecular flexibility index (Phi) is 1.52. The first kappa shape index (κ1) is 8.10. The van der Waals surface area contributed by atoms with Gasteiger partial charge in [0.15, 0.2) is 0 Å². The first-order valence-corrected chi connectivity index (χ1v) is 5.30. The van der Waals surface area contributed by atoms with E-state index in [0.717, 1.165) is 6.42 Å². The lowest BCUT2D eigenvalue weighted by atomic mass is 9.88. The summed E-state index contributed by atoms with van der Waals surface area (Å²) in [4.78, 5) is 2.45. The Morgan fingerprint density at radius 2 is 2.00 bits per heavy atom. The summed E-state index contributed by atoms with van der Waals surface area (Å²) in [7, 11) is 0. The molecule has 2 bridgehead atoms. The van der Waals surface area contributed by atoms with Crippen molar-refractivity contribution in [2.45, 2.75) is 25.3 Å². The van der Waals surface area contributed by atoms with Crippen molar-refractivity contribution in [3.63, 3.8) is 0 Å². The molecule has 1 fully saturated rings. The minimum atomic E-state index is 0.525. The number of hydrogen-bond acceptors (Lipinski definition) is 1. The monoisotopic (exact) mass is 185 g/mol. The lowest BCUT2D eigenvalue weighted by Crippen LogP contribution is -2.27. The molecule has 1 nitrogen and oxygen atoms in total. The zero-order valence-electron chi connectivity index (χ0n) is 8.53. The highest BCUT2D eigenvalue weighted by atomic mass is 15.2. The van der Waals surface area contributed by atoms with Gasteiger partial charge in [0.2, 0.25) is 0 Å². The van der Waals surface area contributed by atoms with E-state index in [9.17, 15) is 0 Å². The zero-order chi connectivity index (χ0) is 9.71. The SMILES string of the molecule is C=C1CC2CN1C(C)c1ccccc12. The summed E-state index contributed by atoms with van der Waals surface area (Å²) in [6.07, 6.45) is 1.15. The number of allylic oxidation sites excluding steroid dienone is 1. The van der Waals surface area contributed by atoms with E-state index in [-0.39, 0.29) is 0 Å². The molecule has 3 rings (SSSR count). The van der Waals surface area contributed by atoms with E-state index in [1.165, 1.54) is 17.8 Å². The molecule has 2 heterocycles. The minimum Gasteiger partial charge on any atom is -0.368 e. The van der Waals surface area contributed by atoms with Crippen molar-refractivity contribution < 1.29 is 0 Å². The fraction of sp³-hybridized carbons (Fsp3) is 0.385. The van der Waals surface area contributed by atoms with Crippen LogP contribution in [-0.4, -0.2) is 11.4 Å². The molecule has 0 saturated carbocycles. The summed E-state index contributed by atoms with van der Waals surface area (Å²) in [6, 6.07) is 9.37. The largest absolute Gasteiger partial charge is 0.368 e. The van der Waals surface area contributed by atoms with Gasteiger partial charge in [0, 0.05) is 18.2 Å².